The number of aromatic amines is 1. The Kier molecular flexibility index (Phi) is 13.4. The molecule has 3 N–H and O–H groups in total. The van der Waals surface area contributed by atoms with E-state index in [1.54, 1.807) is 17.7 Å². The number of nitrogens with two attached hydrogens (primary N) is 1. The predicted octanol–water partition coefficient (Wildman–Crippen LogP) is 3.81. The van der Waals surface area contributed by atoms with Crippen LogP contribution in [0.25, 0.3) is 0 Å². The van der Waals surface area contributed by atoms with Gasteiger partial charge in [0.05, 0.1) is 11.8 Å². The number of aryl methyl sites for hydroxylation is 2. The second-order valence-corrected chi connectivity index (χ2v) is 5.22. The fourth-order valence-electron chi connectivity index (χ4n) is 1.29. The van der Waals surface area contributed by atoms with Crippen molar-refractivity contribution in [2.24, 2.45) is 5.73 Å². The molecule has 5 heteroatoms. The van der Waals surface area contributed by atoms with Crippen LogP contribution < -0.4 is 5.73 Å². The molecule has 0 saturated carbocycles. The highest BCUT2D eigenvalue weighted by Gasteiger charge is 1.84. The lowest BCUT2D eigenvalue weighted by Crippen LogP contribution is -1.96. The van der Waals surface area contributed by atoms with E-state index in [2.05, 4.69) is 35.7 Å². The van der Waals surface area contributed by atoms with Crippen molar-refractivity contribution >= 4 is 11.3 Å². The summed E-state index contributed by atoms with van der Waals surface area (Å²) in [5.74, 6) is 0. The Labute approximate surface area is 126 Å². The lowest BCUT2D eigenvalue weighted by Gasteiger charge is -1.86. The second kappa shape index (κ2) is 14.2. The average molecular weight is 296 g/mol. The first-order chi connectivity index (χ1) is 9.78. The fourth-order valence-corrected chi connectivity index (χ4v) is 1.83. The quantitative estimate of drug-likeness (QED) is 0.824. The largest absolute Gasteiger partial charge is 0.349 e. The first-order valence-electron chi connectivity index (χ1n) is 7.33. The third-order valence-corrected chi connectivity index (χ3v) is 3.50. The summed E-state index contributed by atoms with van der Waals surface area (Å²) in [6.45, 7) is 7.25. The van der Waals surface area contributed by atoms with E-state index in [-0.39, 0.29) is 0 Å². The van der Waals surface area contributed by atoms with E-state index in [9.17, 15) is 0 Å². The standard InChI is InChI=1S/C5H8N2.C5H7NS.C5H13N/c2*1-2-5-3-6-4-7-5;1-2-3-4-5-6/h3-4H,2H2,1H3,(H,6,7);3-4H,2H2,1H3;2-6H2,1H3. The molecule has 2 aromatic heterocycles. The van der Waals surface area contributed by atoms with E-state index >= 15 is 0 Å². The molecule has 0 spiro atoms. The molecule has 0 atom stereocenters. The number of hydrogen-bond donors (Lipinski definition) is 2. The van der Waals surface area contributed by atoms with Crippen LogP contribution in [0.15, 0.2) is 24.2 Å². The van der Waals surface area contributed by atoms with Gasteiger partial charge in [-0.3, -0.25) is 4.98 Å². The first-order valence-corrected chi connectivity index (χ1v) is 8.20. The van der Waals surface area contributed by atoms with Gasteiger partial charge in [0, 0.05) is 23.0 Å². The molecule has 0 amide bonds. The fraction of sp³-hybridized carbons (Fsp3) is 0.600. The van der Waals surface area contributed by atoms with Crippen LogP contribution in [0.2, 0.25) is 0 Å². The molecule has 0 fully saturated rings. The number of rotatable bonds is 5. The third-order valence-electron chi connectivity index (χ3n) is 2.58. The maximum Gasteiger partial charge on any atom is 0.0921 e. The molecule has 0 aromatic carbocycles. The molecule has 0 radical (unpaired) electrons. The van der Waals surface area contributed by atoms with E-state index < -0.39 is 0 Å². The molecule has 0 unspecified atom stereocenters. The highest BCUT2D eigenvalue weighted by atomic mass is 32.1. The van der Waals surface area contributed by atoms with Crippen LogP contribution in [-0.2, 0) is 12.8 Å². The molecule has 0 aliphatic heterocycles. The van der Waals surface area contributed by atoms with Gasteiger partial charge in [-0.05, 0) is 25.8 Å². The van der Waals surface area contributed by atoms with E-state index in [0.29, 0.717) is 0 Å². The molecule has 0 aliphatic rings. The van der Waals surface area contributed by atoms with E-state index in [1.165, 1.54) is 29.8 Å². The van der Waals surface area contributed by atoms with Gasteiger partial charge >= 0.3 is 0 Å². The van der Waals surface area contributed by atoms with Crippen LogP contribution in [0.5, 0.6) is 0 Å². The molecule has 20 heavy (non-hydrogen) atoms. The van der Waals surface area contributed by atoms with Crippen LogP contribution in [0, 0.1) is 0 Å². The van der Waals surface area contributed by atoms with Crippen molar-refractivity contribution in [3.63, 3.8) is 0 Å². The number of nitrogens with zero attached hydrogens (tertiary/aromatic N) is 2. The summed E-state index contributed by atoms with van der Waals surface area (Å²) in [7, 11) is 0. The van der Waals surface area contributed by atoms with Gasteiger partial charge in [0.1, 0.15) is 0 Å². The Hall–Kier alpha value is -1.20. The highest BCUT2D eigenvalue weighted by molar-refractivity contribution is 7.09. The number of unbranched alkanes of at least 4 members (excludes halogenated alkanes) is 2. The van der Waals surface area contributed by atoms with E-state index in [0.717, 1.165) is 19.4 Å². The zero-order valence-corrected chi connectivity index (χ0v) is 13.7. The summed E-state index contributed by atoms with van der Waals surface area (Å²) in [6, 6.07) is 0. The molecular weight excluding hydrogens is 268 g/mol. The Morgan fingerprint density at radius 3 is 2.15 bits per heavy atom. The van der Waals surface area contributed by atoms with Gasteiger partial charge in [-0.2, -0.15) is 0 Å². The summed E-state index contributed by atoms with van der Waals surface area (Å²) in [5.41, 5.74) is 8.27. The zero-order chi connectivity index (χ0) is 15.1. The Morgan fingerprint density at radius 1 is 1.10 bits per heavy atom. The minimum absolute atomic E-state index is 0.855. The predicted molar refractivity (Wildman–Crippen MR) is 88.0 cm³/mol. The van der Waals surface area contributed by atoms with E-state index in [1.807, 2.05) is 17.9 Å². The number of hydrogen-bond acceptors (Lipinski definition) is 4. The maximum atomic E-state index is 5.21. The summed E-state index contributed by atoms with van der Waals surface area (Å²) in [5, 5.41) is 0. The number of nitrogens with one attached hydrogen (secondary N) is 1. The van der Waals surface area contributed by atoms with Crippen molar-refractivity contribution in [1.29, 1.82) is 0 Å². The van der Waals surface area contributed by atoms with Crippen LogP contribution in [0.3, 0.4) is 0 Å². The Morgan fingerprint density at radius 2 is 1.90 bits per heavy atom. The van der Waals surface area contributed by atoms with Gasteiger partial charge in [-0.1, -0.05) is 33.6 Å². The van der Waals surface area contributed by atoms with Gasteiger partial charge in [-0.15, -0.1) is 11.3 Å². The topological polar surface area (TPSA) is 67.6 Å². The summed E-state index contributed by atoms with van der Waals surface area (Å²) in [4.78, 5) is 12.1. The monoisotopic (exact) mass is 296 g/mol. The van der Waals surface area contributed by atoms with Gasteiger partial charge < -0.3 is 10.7 Å². The summed E-state index contributed by atoms with van der Waals surface area (Å²) in [6.07, 6.45) is 11.3. The van der Waals surface area contributed by atoms with Crippen molar-refractivity contribution in [3.05, 3.63) is 34.8 Å². The highest BCUT2D eigenvalue weighted by Crippen LogP contribution is 2.04. The maximum absolute atomic E-state index is 5.21. The number of H-pyrrole nitrogens is 1. The van der Waals surface area contributed by atoms with Gasteiger partial charge in [0.15, 0.2) is 0 Å². The molecule has 0 saturated heterocycles. The summed E-state index contributed by atoms with van der Waals surface area (Å²) >= 11 is 1.71. The van der Waals surface area contributed by atoms with Crippen LogP contribution in [0.1, 0.15) is 50.6 Å². The van der Waals surface area contributed by atoms with Crippen LogP contribution in [-0.4, -0.2) is 21.5 Å². The van der Waals surface area contributed by atoms with Crippen molar-refractivity contribution in [3.8, 4) is 0 Å². The molecule has 2 heterocycles. The van der Waals surface area contributed by atoms with E-state index in [4.69, 9.17) is 5.73 Å². The van der Waals surface area contributed by atoms with Crippen molar-refractivity contribution in [1.82, 2.24) is 15.0 Å². The average Bonchev–Trinajstić information content (AvgIpc) is 3.18. The lowest BCUT2D eigenvalue weighted by atomic mass is 10.3. The van der Waals surface area contributed by atoms with Crippen LogP contribution in [0.4, 0.5) is 0 Å². The molecular formula is C15H28N4S. The van der Waals surface area contributed by atoms with Crippen LogP contribution >= 0.6 is 11.3 Å². The zero-order valence-electron chi connectivity index (χ0n) is 12.9. The van der Waals surface area contributed by atoms with Gasteiger partial charge in [-0.25, -0.2) is 4.98 Å². The minimum atomic E-state index is 0.855. The number of imidazole rings is 1. The second-order valence-electron chi connectivity index (χ2n) is 4.25. The van der Waals surface area contributed by atoms with Crippen molar-refractivity contribution in [2.75, 3.05) is 6.54 Å². The number of thiazole rings is 1. The molecule has 2 rings (SSSR count). The molecule has 114 valence electrons. The normalized spacial score (nSPS) is 9.20. The molecule has 0 bridgehead atoms. The first kappa shape index (κ1) is 18.8. The van der Waals surface area contributed by atoms with Gasteiger partial charge in [0.25, 0.3) is 0 Å². The third kappa shape index (κ3) is 10.7. The molecule has 0 aliphatic carbocycles. The Bertz CT molecular complexity index is 332. The number of aromatic nitrogens is 3. The van der Waals surface area contributed by atoms with Crippen molar-refractivity contribution < 1.29 is 0 Å². The Balaban J connectivity index is 0.000000272. The SMILES string of the molecule is CCCCCN.CCc1cnc[nH]1.CCc1cncs1. The molecule has 2 aromatic rings. The van der Waals surface area contributed by atoms with Gasteiger partial charge in [0.2, 0.25) is 0 Å². The lowest BCUT2D eigenvalue weighted by molar-refractivity contribution is 0.727. The summed E-state index contributed by atoms with van der Waals surface area (Å²) < 4.78 is 0. The smallest absolute Gasteiger partial charge is 0.0921 e. The van der Waals surface area contributed by atoms with Crippen molar-refractivity contribution in [2.45, 2.75) is 52.9 Å². The molecule has 4 nitrogen and oxygen atoms in total. The minimum Gasteiger partial charge on any atom is -0.349 e.